The van der Waals surface area contributed by atoms with Crippen LogP contribution in [0.3, 0.4) is 0 Å². The number of hydrogen-bond acceptors (Lipinski definition) is 8. The second-order valence-corrected chi connectivity index (χ2v) is 11.6. The first-order valence-corrected chi connectivity index (χ1v) is 12.4. The molecule has 10 heteroatoms. The first kappa shape index (κ1) is 28.1. The Bertz CT molecular complexity index is 1090. The summed E-state index contributed by atoms with van der Waals surface area (Å²) in [5.41, 5.74) is -1.82. The van der Waals surface area contributed by atoms with Gasteiger partial charge in [0.15, 0.2) is 0 Å². The van der Waals surface area contributed by atoms with Gasteiger partial charge in [-0.1, -0.05) is 13.0 Å². The van der Waals surface area contributed by atoms with Crippen molar-refractivity contribution in [1.29, 1.82) is 0 Å². The van der Waals surface area contributed by atoms with Crippen LogP contribution in [0.15, 0.2) is 36.9 Å². The second-order valence-electron chi connectivity index (χ2n) is 11.6. The topological polar surface area (TPSA) is 113 Å². The zero-order valence-corrected chi connectivity index (χ0v) is 23.0. The van der Waals surface area contributed by atoms with E-state index in [1.807, 2.05) is 25.1 Å². The molecule has 202 valence electrons. The van der Waals surface area contributed by atoms with E-state index in [1.165, 1.54) is 7.11 Å². The number of pyridine rings is 1. The molecule has 37 heavy (non-hydrogen) atoms. The van der Waals surface area contributed by atoms with Gasteiger partial charge in [0.25, 0.3) is 0 Å². The molecule has 2 amide bonds. The highest BCUT2D eigenvalue weighted by atomic mass is 16.6. The molecule has 0 N–H and O–H groups in total. The average Bonchev–Trinajstić information content (AvgIpc) is 3.27. The van der Waals surface area contributed by atoms with E-state index >= 15 is 0 Å². The average molecular weight is 515 g/mol. The summed E-state index contributed by atoms with van der Waals surface area (Å²) in [4.78, 5) is 48.5. The maximum absolute atomic E-state index is 12.9. The number of esters is 1. The highest BCUT2D eigenvalue weighted by molar-refractivity contribution is 5.88. The molecule has 2 aromatic rings. The van der Waals surface area contributed by atoms with Gasteiger partial charge in [-0.2, -0.15) is 0 Å². The Balaban J connectivity index is 1.77. The maximum Gasteiger partial charge on any atom is 0.419 e. The van der Waals surface area contributed by atoms with Crippen LogP contribution in [0.2, 0.25) is 0 Å². The lowest BCUT2D eigenvalue weighted by Crippen LogP contribution is -2.45. The summed E-state index contributed by atoms with van der Waals surface area (Å²) in [6.45, 7) is 12.4. The SMILES string of the molecule is COC(=O)[C@]1(c2cn(-c3ccccn3)cn2)C[C@@H]1C[C@H](C)CN(C(=O)OC(C)(C)C)C(=O)OC(C)(C)C. The normalized spacial score (nSPS) is 20.1. The third kappa shape index (κ3) is 6.87. The van der Waals surface area contributed by atoms with E-state index in [4.69, 9.17) is 14.2 Å². The standard InChI is InChI=1S/C27H38N4O6/c1-18(15-31(23(33)36-25(2,3)4)24(34)37-26(5,6)7)13-19-14-27(19,22(32)35-8)20-16-30(17-29-20)21-11-9-10-12-28-21/h9-12,16-19H,13-15H2,1-8H3/t18-,19-,27+/m0/s1. The number of carbonyl (C=O) groups is 3. The fourth-order valence-corrected chi connectivity index (χ4v) is 4.38. The lowest BCUT2D eigenvalue weighted by atomic mass is 9.94. The van der Waals surface area contributed by atoms with Gasteiger partial charge < -0.3 is 14.2 Å². The number of aromatic nitrogens is 3. The van der Waals surface area contributed by atoms with Crippen LogP contribution in [-0.4, -0.2) is 62.4 Å². The van der Waals surface area contributed by atoms with E-state index in [0.29, 0.717) is 24.4 Å². The van der Waals surface area contributed by atoms with Crippen molar-refractivity contribution in [3.05, 3.63) is 42.6 Å². The Labute approximate surface area is 218 Å². The minimum Gasteiger partial charge on any atom is -0.468 e. The highest BCUT2D eigenvalue weighted by Crippen LogP contribution is 2.57. The fraction of sp³-hybridized carbons (Fsp3) is 0.593. The van der Waals surface area contributed by atoms with E-state index in [0.717, 1.165) is 4.90 Å². The molecule has 1 aliphatic carbocycles. The summed E-state index contributed by atoms with van der Waals surface area (Å²) in [5.74, 6) is 0.125. The number of rotatable bonds is 7. The Morgan fingerprint density at radius 2 is 1.70 bits per heavy atom. The zero-order chi connectivity index (χ0) is 27.6. The number of hydrogen-bond donors (Lipinski definition) is 0. The van der Waals surface area contributed by atoms with Crippen LogP contribution in [0.1, 0.15) is 67.0 Å². The van der Waals surface area contributed by atoms with Crippen LogP contribution < -0.4 is 0 Å². The molecule has 2 aromatic heterocycles. The summed E-state index contributed by atoms with van der Waals surface area (Å²) in [5, 5.41) is 0. The smallest absolute Gasteiger partial charge is 0.419 e. The van der Waals surface area contributed by atoms with Gasteiger partial charge >= 0.3 is 18.2 Å². The van der Waals surface area contributed by atoms with E-state index in [-0.39, 0.29) is 24.3 Å². The number of amides is 2. The van der Waals surface area contributed by atoms with E-state index in [1.54, 1.807) is 64.8 Å². The van der Waals surface area contributed by atoms with E-state index < -0.39 is 28.8 Å². The van der Waals surface area contributed by atoms with Gasteiger partial charge in [0.1, 0.15) is 28.8 Å². The number of imide groups is 1. The number of carbonyl (C=O) groups excluding carboxylic acids is 3. The molecule has 0 bridgehead atoms. The predicted molar refractivity (Wildman–Crippen MR) is 136 cm³/mol. The first-order chi connectivity index (χ1) is 17.2. The molecule has 2 heterocycles. The number of methoxy groups -OCH3 is 1. The molecular weight excluding hydrogens is 476 g/mol. The molecule has 0 saturated heterocycles. The maximum atomic E-state index is 12.9. The Morgan fingerprint density at radius 3 is 2.22 bits per heavy atom. The van der Waals surface area contributed by atoms with Crippen molar-refractivity contribution in [3.63, 3.8) is 0 Å². The van der Waals surface area contributed by atoms with Gasteiger partial charge in [0.2, 0.25) is 0 Å². The van der Waals surface area contributed by atoms with Gasteiger partial charge in [-0.3, -0.25) is 9.36 Å². The fourth-order valence-electron chi connectivity index (χ4n) is 4.38. The molecule has 1 saturated carbocycles. The second kappa shape index (κ2) is 10.5. The number of ether oxygens (including phenoxy) is 3. The van der Waals surface area contributed by atoms with Crippen molar-refractivity contribution < 1.29 is 28.6 Å². The minimum absolute atomic E-state index is 0.0684. The van der Waals surface area contributed by atoms with Crippen LogP contribution >= 0.6 is 0 Å². The largest absolute Gasteiger partial charge is 0.468 e. The Morgan fingerprint density at radius 1 is 1.08 bits per heavy atom. The van der Waals surface area contributed by atoms with Crippen molar-refractivity contribution in [1.82, 2.24) is 19.4 Å². The van der Waals surface area contributed by atoms with Crippen LogP contribution in [0, 0.1) is 11.8 Å². The van der Waals surface area contributed by atoms with E-state index in [2.05, 4.69) is 9.97 Å². The number of nitrogens with zero attached hydrogens (tertiary/aromatic N) is 4. The first-order valence-electron chi connectivity index (χ1n) is 12.4. The number of imidazole rings is 1. The van der Waals surface area contributed by atoms with Gasteiger partial charge in [-0.15, -0.1) is 0 Å². The Hall–Kier alpha value is -3.43. The molecule has 1 aliphatic rings. The highest BCUT2D eigenvalue weighted by Gasteiger charge is 2.63. The Kier molecular flexibility index (Phi) is 8.00. The van der Waals surface area contributed by atoms with E-state index in [9.17, 15) is 14.4 Å². The van der Waals surface area contributed by atoms with Crippen molar-refractivity contribution in [3.8, 4) is 5.82 Å². The summed E-state index contributed by atoms with van der Waals surface area (Å²) < 4.78 is 17.9. The van der Waals surface area contributed by atoms with Gasteiger partial charge in [-0.25, -0.2) is 24.5 Å². The van der Waals surface area contributed by atoms with Gasteiger partial charge in [0.05, 0.1) is 12.8 Å². The van der Waals surface area contributed by atoms with Gasteiger partial charge in [-0.05, 0) is 78.4 Å². The summed E-state index contributed by atoms with van der Waals surface area (Å²) in [7, 11) is 1.37. The lowest BCUT2D eigenvalue weighted by molar-refractivity contribution is -0.144. The summed E-state index contributed by atoms with van der Waals surface area (Å²) in [6, 6.07) is 5.55. The molecule has 3 rings (SSSR count). The van der Waals surface area contributed by atoms with Crippen molar-refractivity contribution in [2.75, 3.05) is 13.7 Å². The molecule has 0 spiro atoms. The van der Waals surface area contributed by atoms with Crippen molar-refractivity contribution in [2.24, 2.45) is 11.8 Å². The quantitative estimate of drug-likeness (QED) is 0.379. The lowest BCUT2D eigenvalue weighted by Gasteiger charge is -2.30. The predicted octanol–water partition coefficient (Wildman–Crippen LogP) is 4.90. The van der Waals surface area contributed by atoms with Crippen LogP contribution in [-0.2, 0) is 24.4 Å². The third-order valence-electron chi connectivity index (χ3n) is 6.02. The molecule has 0 aromatic carbocycles. The van der Waals surface area contributed by atoms with Crippen molar-refractivity contribution >= 4 is 18.2 Å². The molecule has 0 unspecified atom stereocenters. The van der Waals surface area contributed by atoms with Crippen LogP contribution in [0.5, 0.6) is 0 Å². The molecule has 3 atom stereocenters. The molecular formula is C27H38N4O6. The third-order valence-corrected chi connectivity index (χ3v) is 6.02. The zero-order valence-electron chi connectivity index (χ0n) is 23.0. The molecule has 0 aliphatic heterocycles. The van der Waals surface area contributed by atoms with Crippen LogP contribution in [0.4, 0.5) is 9.59 Å². The molecule has 0 radical (unpaired) electrons. The van der Waals surface area contributed by atoms with Crippen molar-refractivity contribution in [2.45, 2.75) is 77.9 Å². The van der Waals surface area contributed by atoms with Gasteiger partial charge in [0, 0.05) is 18.9 Å². The minimum atomic E-state index is -0.883. The van der Waals surface area contributed by atoms with Crippen LogP contribution in [0.25, 0.3) is 5.82 Å². The molecule has 1 fully saturated rings. The molecule has 10 nitrogen and oxygen atoms in total. The summed E-state index contributed by atoms with van der Waals surface area (Å²) >= 11 is 0. The summed E-state index contributed by atoms with van der Waals surface area (Å²) in [6.07, 6.45) is 4.71. The monoisotopic (exact) mass is 514 g/mol.